The maximum Gasteiger partial charge on any atom is 0.281 e. The molecule has 1 unspecified atom stereocenters. The molecule has 0 aliphatic carbocycles. The van der Waals surface area contributed by atoms with E-state index in [-0.39, 0.29) is 6.10 Å². The lowest BCUT2D eigenvalue weighted by Gasteiger charge is -2.33. The van der Waals surface area contributed by atoms with Crippen LogP contribution in [0.25, 0.3) is 5.57 Å². The summed E-state index contributed by atoms with van der Waals surface area (Å²) in [6.45, 7) is 10.1. The summed E-state index contributed by atoms with van der Waals surface area (Å²) < 4.78 is 7.01. The topological polar surface area (TPSA) is 9.23 Å². The third-order valence-corrected chi connectivity index (χ3v) is 9.09. The summed E-state index contributed by atoms with van der Waals surface area (Å²) in [5, 5.41) is 2.48. The fourth-order valence-corrected chi connectivity index (χ4v) is 7.68. The van der Waals surface area contributed by atoms with Crippen LogP contribution in [0.2, 0.25) is 0 Å². The molecule has 0 bridgehead atoms. The van der Waals surface area contributed by atoms with Gasteiger partial charge in [0.15, 0.2) is 0 Å². The minimum atomic E-state index is -2.69. The van der Waals surface area contributed by atoms with Gasteiger partial charge in [-0.15, -0.1) is 13.2 Å². The number of rotatable bonds is 10. The lowest BCUT2D eigenvalue weighted by atomic mass is 10.1. The van der Waals surface area contributed by atoms with Crippen molar-refractivity contribution in [3.05, 3.63) is 128 Å². The van der Waals surface area contributed by atoms with Gasteiger partial charge in [0.1, 0.15) is 0 Å². The van der Waals surface area contributed by atoms with Crippen molar-refractivity contribution in [2.75, 3.05) is 0 Å². The molecule has 0 fully saturated rings. The van der Waals surface area contributed by atoms with Crippen molar-refractivity contribution in [1.82, 2.24) is 0 Å². The van der Waals surface area contributed by atoms with E-state index in [0.29, 0.717) is 0 Å². The Morgan fingerprint density at radius 2 is 1.30 bits per heavy atom. The number of benzene rings is 3. The van der Waals surface area contributed by atoms with E-state index in [1.165, 1.54) is 21.5 Å². The van der Waals surface area contributed by atoms with Gasteiger partial charge in [-0.2, -0.15) is 0 Å². The van der Waals surface area contributed by atoms with Gasteiger partial charge in [-0.3, -0.25) is 0 Å². The Morgan fingerprint density at radius 1 is 0.800 bits per heavy atom. The summed E-state index contributed by atoms with van der Waals surface area (Å²) in [5.41, 5.74) is 4.87. The first kappa shape index (κ1) is 21.8. The zero-order valence-corrected chi connectivity index (χ0v) is 18.7. The molecule has 2 heteroatoms. The minimum Gasteiger partial charge on any atom is -0.401 e. The van der Waals surface area contributed by atoms with Gasteiger partial charge in [0.25, 0.3) is 8.32 Å². The van der Waals surface area contributed by atoms with Crippen LogP contribution < -0.4 is 10.4 Å². The molecule has 0 radical (unpaired) electrons. The highest BCUT2D eigenvalue weighted by Gasteiger charge is 2.39. The monoisotopic (exact) mass is 410 g/mol. The lowest BCUT2D eigenvalue weighted by molar-refractivity contribution is 0.226. The molecule has 3 rings (SSSR count). The first-order chi connectivity index (χ1) is 14.7. The van der Waals surface area contributed by atoms with E-state index < -0.39 is 8.32 Å². The maximum atomic E-state index is 7.01. The second-order valence-electron chi connectivity index (χ2n) is 7.45. The van der Waals surface area contributed by atoms with Gasteiger partial charge in [0, 0.05) is 6.10 Å². The van der Waals surface area contributed by atoms with Gasteiger partial charge in [-0.1, -0.05) is 109 Å². The van der Waals surface area contributed by atoms with E-state index in [2.05, 4.69) is 117 Å². The predicted octanol–water partition coefficient (Wildman–Crippen LogP) is 5.93. The second-order valence-corrected chi connectivity index (χ2v) is 10.6. The van der Waals surface area contributed by atoms with E-state index >= 15 is 0 Å². The van der Waals surface area contributed by atoms with Crippen molar-refractivity contribution in [2.45, 2.75) is 25.9 Å². The summed E-state index contributed by atoms with van der Waals surface area (Å²) in [4.78, 5) is 0. The molecule has 0 N–H and O–H groups in total. The predicted molar refractivity (Wildman–Crippen MR) is 132 cm³/mol. The van der Waals surface area contributed by atoms with Gasteiger partial charge in [-0.25, -0.2) is 0 Å². The van der Waals surface area contributed by atoms with Crippen LogP contribution in [0.5, 0.6) is 0 Å². The fourth-order valence-electron chi connectivity index (χ4n) is 3.79. The van der Waals surface area contributed by atoms with Crippen molar-refractivity contribution >= 4 is 24.3 Å². The highest BCUT2D eigenvalue weighted by atomic mass is 28.4. The van der Waals surface area contributed by atoms with Crippen molar-refractivity contribution in [3.8, 4) is 0 Å². The molecule has 152 valence electrons. The molecule has 0 aliphatic heterocycles. The smallest absolute Gasteiger partial charge is 0.281 e. The Bertz CT molecular complexity index is 922. The Balaban J connectivity index is 2.28. The molecule has 1 atom stereocenters. The standard InChI is InChI=1S/C28H30OSi/c1-4-15-24(3)29-30(27-19-11-7-12-20-27,28-21-13-8-14-22-28)23-26(16-5-2)25-17-9-6-10-18-25/h4-14,17-24H,1-2,15-16H2,3H3/b26-23-. The van der Waals surface area contributed by atoms with Gasteiger partial charge >= 0.3 is 0 Å². The molecule has 3 aromatic carbocycles. The van der Waals surface area contributed by atoms with Crippen molar-refractivity contribution in [3.63, 3.8) is 0 Å². The molecular weight excluding hydrogens is 380 g/mol. The third kappa shape index (κ3) is 5.15. The molecule has 0 amide bonds. The Labute approximate surface area is 182 Å². The van der Waals surface area contributed by atoms with E-state index in [1.807, 2.05) is 12.2 Å². The van der Waals surface area contributed by atoms with Crippen molar-refractivity contribution < 1.29 is 4.43 Å². The summed E-state index contributed by atoms with van der Waals surface area (Å²) in [5.74, 6) is 0. The normalized spacial score (nSPS) is 12.9. The SMILES string of the molecule is C=CC/C(=C/[Si](OC(C)CC=C)(c1ccccc1)c1ccccc1)c1ccccc1. The summed E-state index contributed by atoms with van der Waals surface area (Å²) in [6, 6.07) is 31.9. The van der Waals surface area contributed by atoms with Gasteiger partial charge in [0.2, 0.25) is 0 Å². The van der Waals surface area contributed by atoms with E-state index in [9.17, 15) is 0 Å². The van der Waals surface area contributed by atoms with Crippen molar-refractivity contribution in [1.29, 1.82) is 0 Å². The molecule has 0 saturated carbocycles. The molecule has 1 nitrogen and oxygen atoms in total. The maximum absolute atomic E-state index is 7.01. The molecule has 0 aliphatic rings. The van der Waals surface area contributed by atoms with E-state index in [1.54, 1.807) is 0 Å². The Morgan fingerprint density at radius 3 is 1.77 bits per heavy atom. The Hall–Kier alpha value is -2.94. The zero-order valence-electron chi connectivity index (χ0n) is 17.7. The van der Waals surface area contributed by atoms with Crippen LogP contribution in [-0.4, -0.2) is 14.4 Å². The van der Waals surface area contributed by atoms with Crippen LogP contribution in [0.3, 0.4) is 0 Å². The zero-order chi connectivity index (χ0) is 21.2. The molecule has 0 aromatic heterocycles. The molecule has 0 spiro atoms. The van der Waals surface area contributed by atoms with Crippen molar-refractivity contribution in [2.24, 2.45) is 0 Å². The Kier molecular flexibility index (Phi) is 7.78. The molecule has 0 heterocycles. The first-order valence-electron chi connectivity index (χ1n) is 10.5. The summed E-state index contributed by atoms with van der Waals surface area (Å²) in [6.07, 6.45) is 5.57. The van der Waals surface area contributed by atoms with E-state index in [4.69, 9.17) is 4.43 Å². The second kappa shape index (κ2) is 10.7. The van der Waals surface area contributed by atoms with Crippen LogP contribution in [0.1, 0.15) is 25.3 Å². The molecule has 0 saturated heterocycles. The largest absolute Gasteiger partial charge is 0.401 e. The lowest BCUT2D eigenvalue weighted by Crippen LogP contribution is -2.61. The average molecular weight is 411 g/mol. The highest BCUT2D eigenvalue weighted by Crippen LogP contribution is 2.24. The quantitative estimate of drug-likeness (QED) is 0.297. The van der Waals surface area contributed by atoms with E-state index in [0.717, 1.165) is 12.8 Å². The average Bonchev–Trinajstić information content (AvgIpc) is 2.80. The van der Waals surface area contributed by atoms with Crippen LogP contribution in [0.15, 0.2) is 122 Å². The highest BCUT2D eigenvalue weighted by molar-refractivity contribution is 7.01. The van der Waals surface area contributed by atoms with Crippen LogP contribution in [0.4, 0.5) is 0 Å². The fraction of sp³-hybridized carbons (Fsp3) is 0.143. The number of hydrogen-bond acceptors (Lipinski definition) is 1. The number of hydrogen-bond donors (Lipinski definition) is 0. The van der Waals surface area contributed by atoms with Gasteiger partial charge in [0.05, 0.1) is 0 Å². The van der Waals surface area contributed by atoms with Gasteiger partial charge in [-0.05, 0) is 41.3 Å². The van der Waals surface area contributed by atoms with Crippen LogP contribution >= 0.6 is 0 Å². The first-order valence-corrected chi connectivity index (χ1v) is 12.5. The molecule has 30 heavy (non-hydrogen) atoms. The summed E-state index contributed by atoms with van der Waals surface area (Å²) >= 11 is 0. The number of allylic oxidation sites excluding steroid dienone is 2. The van der Waals surface area contributed by atoms with Gasteiger partial charge < -0.3 is 4.43 Å². The molecular formula is C28H30OSi. The van der Waals surface area contributed by atoms with Crippen LogP contribution in [0, 0.1) is 0 Å². The minimum absolute atomic E-state index is 0.0617. The molecule has 3 aromatic rings. The third-order valence-electron chi connectivity index (χ3n) is 5.18. The summed E-state index contributed by atoms with van der Waals surface area (Å²) in [7, 11) is -2.69. The van der Waals surface area contributed by atoms with Crippen LogP contribution in [-0.2, 0) is 4.43 Å².